The second kappa shape index (κ2) is 7.19. The smallest absolute Gasteiger partial charge is 0.0644 e. The van der Waals surface area contributed by atoms with E-state index in [4.69, 9.17) is 0 Å². The highest BCUT2D eigenvalue weighted by molar-refractivity contribution is 5.76. The van der Waals surface area contributed by atoms with Gasteiger partial charge >= 0.3 is 0 Å². The predicted molar refractivity (Wildman–Crippen MR) is 116 cm³/mol. The molecular formula is C25H30N2. The van der Waals surface area contributed by atoms with Crippen molar-refractivity contribution >= 4 is 17.1 Å². The third kappa shape index (κ3) is 4.39. The lowest BCUT2D eigenvalue weighted by Crippen LogP contribution is -2.14. The SMILES string of the molecule is CC(C)(C)c1ccc(N(c2ccc(C(C)(C)C)cc2)c2cccnc2)cc1. The fourth-order valence-electron chi connectivity index (χ4n) is 3.15. The van der Waals surface area contributed by atoms with E-state index in [1.54, 1.807) is 0 Å². The van der Waals surface area contributed by atoms with E-state index in [-0.39, 0.29) is 10.8 Å². The van der Waals surface area contributed by atoms with Crippen LogP contribution in [-0.2, 0) is 10.8 Å². The van der Waals surface area contributed by atoms with Crippen molar-refractivity contribution in [2.24, 2.45) is 0 Å². The molecule has 2 nitrogen and oxygen atoms in total. The van der Waals surface area contributed by atoms with Crippen LogP contribution in [0, 0.1) is 0 Å². The lowest BCUT2D eigenvalue weighted by molar-refractivity contribution is 0.590. The molecule has 0 unspecified atom stereocenters. The highest BCUT2D eigenvalue weighted by Gasteiger charge is 2.18. The van der Waals surface area contributed by atoms with Crippen molar-refractivity contribution in [2.75, 3.05) is 4.90 Å². The quantitative estimate of drug-likeness (QED) is 0.494. The molecule has 3 aromatic rings. The third-order valence-corrected chi connectivity index (χ3v) is 4.89. The summed E-state index contributed by atoms with van der Waals surface area (Å²) >= 11 is 0. The minimum Gasteiger partial charge on any atom is -0.309 e. The number of benzene rings is 2. The maximum atomic E-state index is 4.33. The Labute approximate surface area is 163 Å². The van der Waals surface area contributed by atoms with Gasteiger partial charge in [0.2, 0.25) is 0 Å². The minimum absolute atomic E-state index is 0.145. The van der Waals surface area contributed by atoms with Crippen LogP contribution in [0.5, 0.6) is 0 Å². The summed E-state index contributed by atoms with van der Waals surface area (Å²) in [5.41, 5.74) is 6.29. The number of pyridine rings is 1. The number of rotatable bonds is 3. The minimum atomic E-state index is 0.145. The molecule has 0 aliphatic carbocycles. The molecule has 0 fully saturated rings. The van der Waals surface area contributed by atoms with Gasteiger partial charge in [-0.2, -0.15) is 0 Å². The Morgan fingerprint density at radius 1 is 0.593 bits per heavy atom. The lowest BCUT2D eigenvalue weighted by atomic mass is 9.86. The number of hydrogen-bond donors (Lipinski definition) is 0. The summed E-state index contributed by atoms with van der Waals surface area (Å²) in [6, 6.07) is 21.8. The normalized spacial score (nSPS) is 12.1. The number of aromatic nitrogens is 1. The summed E-state index contributed by atoms with van der Waals surface area (Å²) in [6.45, 7) is 13.5. The molecule has 27 heavy (non-hydrogen) atoms. The molecule has 2 heteroatoms. The van der Waals surface area contributed by atoms with Gasteiger partial charge in [0.15, 0.2) is 0 Å². The first kappa shape index (κ1) is 19.2. The van der Waals surface area contributed by atoms with Crippen molar-refractivity contribution in [1.82, 2.24) is 4.98 Å². The van der Waals surface area contributed by atoms with Crippen LogP contribution in [0.4, 0.5) is 17.1 Å². The standard InChI is InChI=1S/C25H30N2/c1-24(2,3)19-9-13-21(14-10-19)27(23-8-7-17-26-18-23)22-15-11-20(12-16-22)25(4,5)6/h7-18H,1-6H3. The number of hydrogen-bond acceptors (Lipinski definition) is 2. The molecule has 0 saturated heterocycles. The second-order valence-electron chi connectivity index (χ2n) is 9.14. The van der Waals surface area contributed by atoms with Gasteiger partial charge in [0.05, 0.1) is 11.9 Å². The number of nitrogens with zero attached hydrogens (tertiary/aromatic N) is 2. The van der Waals surface area contributed by atoms with Crippen molar-refractivity contribution in [3.63, 3.8) is 0 Å². The Morgan fingerprint density at radius 3 is 1.37 bits per heavy atom. The fraction of sp³-hybridized carbons (Fsp3) is 0.320. The molecule has 0 spiro atoms. The van der Waals surface area contributed by atoms with Crippen LogP contribution in [0.1, 0.15) is 52.7 Å². The van der Waals surface area contributed by atoms with E-state index in [2.05, 4.69) is 106 Å². The average molecular weight is 359 g/mol. The fourth-order valence-corrected chi connectivity index (χ4v) is 3.15. The first-order valence-corrected chi connectivity index (χ1v) is 9.57. The van der Waals surface area contributed by atoms with Gasteiger partial charge in [0.25, 0.3) is 0 Å². The first-order valence-electron chi connectivity index (χ1n) is 9.57. The zero-order valence-corrected chi connectivity index (χ0v) is 17.3. The molecule has 0 N–H and O–H groups in total. The molecule has 1 aromatic heterocycles. The van der Waals surface area contributed by atoms with Gasteiger partial charge in [0, 0.05) is 17.6 Å². The molecule has 0 atom stereocenters. The maximum Gasteiger partial charge on any atom is 0.0644 e. The van der Waals surface area contributed by atoms with Gasteiger partial charge in [0.1, 0.15) is 0 Å². The molecule has 0 amide bonds. The molecule has 1 heterocycles. The van der Waals surface area contributed by atoms with Gasteiger partial charge in [-0.1, -0.05) is 65.8 Å². The summed E-state index contributed by atoms with van der Waals surface area (Å²) in [5, 5.41) is 0. The van der Waals surface area contributed by atoms with Gasteiger partial charge in [-0.15, -0.1) is 0 Å². The molecule has 140 valence electrons. The summed E-state index contributed by atoms with van der Waals surface area (Å²) in [6.07, 6.45) is 3.72. The van der Waals surface area contributed by atoms with E-state index in [0.717, 1.165) is 17.1 Å². The molecule has 0 bridgehead atoms. The average Bonchev–Trinajstić information content (AvgIpc) is 2.62. The van der Waals surface area contributed by atoms with Crippen LogP contribution >= 0.6 is 0 Å². The van der Waals surface area contributed by atoms with E-state index in [0.29, 0.717) is 0 Å². The Morgan fingerprint density at radius 2 is 1.04 bits per heavy atom. The van der Waals surface area contributed by atoms with Crippen molar-refractivity contribution in [1.29, 1.82) is 0 Å². The highest BCUT2D eigenvalue weighted by atomic mass is 15.1. The van der Waals surface area contributed by atoms with Gasteiger partial charge < -0.3 is 4.90 Å². The maximum absolute atomic E-state index is 4.33. The molecule has 0 saturated carbocycles. The van der Waals surface area contributed by atoms with E-state index in [1.165, 1.54) is 11.1 Å². The Balaban J connectivity index is 2.05. The highest BCUT2D eigenvalue weighted by Crippen LogP contribution is 2.36. The van der Waals surface area contributed by atoms with Crippen LogP contribution in [0.15, 0.2) is 73.1 Å². The van der Waals surface area contributed by atoms with Crippen LogP contribution in [0.2, 0.25) is 0 Å². The Kier molecular flexibility index (Phi) is 5.10. The van der Waals surface area contributed by atoms with Gasteiger partial charge in [-0.3, -0.25) is 4.98 Å². The summed E-state index contributed by atoms with van der Waals surface area (Å²) < 4.78 is 0. The molecule has 0 radical (unpaired) electrons. The first-order chi connectivity index (χ1) is 12.7. The zero-order valence-electron chi connectivity index (χ0n) is 17.3. The monoisotopic (exact) mass is 358 g/mol. The van der Waals surface area contributed by atoms with E-state index < -0.39 is 0 Å². The largest absolute Gasteiger partial charge is 0.309 e. The zero-order chi connectivity index (χ0) is 19.7. The van der Waals surface area contributed by atoms with Gasteiger partial charge in [-0.05, 0) is 58.4 Å². The molecular weight excluding hydrogens is 328 g/mol. The third-order valence-electron chi connectivity index (χ3n) is 4.89. The van der Waals surface area contributed by atoms with E-state index >= 15 is 0 Å². The molecule has 0 aliphatic rings. The van der Waals surface area contributed by atoms with Crippen molar-refractivity contribution in [3.8, 4) is 0 Å². The van der Waals surface area contributed by atoms with Crippen molar-refractivity contribution in [2.45, 2.75) is 52.4 Å². The Hall–Kier alpha value is -2.61. The lowest BCUT2D eigenvalue weighted by Gasteiger charge is -2.27. The van der Waals surface area contributed by atoms with Gasteiger partial charge in [-0.25, -0.2) is 0 Å². The molecule has 2 aromatic carbocycles. The van der Waals surface area contributed by atoms with Crippen LogP contribution in [-0.4, -0.2) is 4.98 Å². The molecule has 0 aliphatic heterocycles. The summed E-state index contributed by atoms with van der Waals surface area (Å²) in [4.78, 5) is 6.58. The van der Waals surface area contributed by atoms with Crippen molar-refractivity contribution < 1.29 is 0 Å². The summed E-state index contributed by atoms with van der Waals surface area (Å²) in [5.74, 6) is 0. The molecule has 3 rings (SSSR count). The van der Waals surface area contributed by atoms with E-state index in [1.807, 2.05) is 18.5 Å². The van der Waals surface area contributed by atoms with Crippen LogP contribution in [0.3, 0.4) is 0 Å². The van der Waals surface area contributed by atoms with E-state index in [9.17, 15) is 0 Å². The topological polar surface area (TPSA) is 16.1 Å². The number of anilines is 3. The predicted octanol–water partition coefficient (Wildman–Crippen LogP) is 7.15. The second-order valence-corrected chi connectivity index (χ2v) is 9.14. The van der Waals surface area contributed by atoms with Crippen LogP contribution in [0.25, 0.3) is 0 Å². The van der Waals surface area contributed by atoms with Crippen LogP contribution < -0.4 is 4.90 Å². The Bertz CT molecular complexity index is 807. The van der Waals surface area contributed by atoms with Crippen molar-refractivity contribution in [3.05, 3.63) is 84.2 Å². The summed E-state index contributed by atoms with van der Waals surface area (Å²) in [7, 11) is 0.